The normalized spacial score (nSPS) is 10.3. The van der Waals surface area contributed by atoms with Crippen molar-refractivity contribution in [1.29, 1.82) is 5.26 Å². The summed E-state index contributed by atoms with van der Waals surface area (Å²) in [7, 11) is 4.70. The SMILES string of the molecule is COc1ccc(Nc2nc(NNc3nc(-c4ccccc4)c(C#N)c(=O)n3C)nc(Nc3ccc(OC)cc3)n2)cc1. The van der Waals surface area contributed by atoms with Crippen molar-refractivity contribution in [2.24, 2.45) is 7.05 Å². The maximum Gasteiger partial charge on any atom is 0.273 e. The van der Waals surface area contributed by atoms with Gasteiger partial charge in [0.05, 0.1) is 19.9 Å². The van der Waals surface area contributed by atoms with Crippen molar-refractivity contribution in [3.63, 3.8) is 0 Å². The first-order chi connectivity index (χ1) is 20.5. The fraction of sp³-hybridized carbons (Fsp3) is 0.103. The van der Waals surface area contributed by atoms with Gasteiger partial charge in [-0.3, -0.25) is 20.2 Å². The van der Waals surface area contributed by atoms with Crippen molar-refractivity contribution in [2.75, 3.05) is 35.7 Å². The Morgan fingerprint density at radius 3 is 1.74 bits per heavy atom. The van der Waals surface area contributed by atoms with Gasteiger partial charge >= 0.3 is 0 Å². The Bertz CT molecular complexity index is 1720. The molecule has 4 N–H and O–H groups in total. The van der Waals surface area contributed by atoms with Crippen molar-refractivity contribution in [2.45, 2.75) is 0 Å². The van der Waals surface area contributed by atoms with Crippen molar-refractivity contribution in [3.8, 4) is 28.8 Å². The van der Waals surface area contributed by atoms with Crippen LogP contribution in [0.3, 0.4) is 0 Å². The molecule has 0 saturated heterocycles. The number of ether oxygens (including phenoxy) is 2. The predicted octanol–water partition coefficient (Wildman–Crippen LogP) is 4.45. The second kappa shape index (κ2) is 12.3. The Morgan fingerprint density at radius 2 is 1.24 bits per heavy atom. The van der Waals surface area contributed by atoms with E-state index in [0.717, 1.165) is 11.4 Å². The van der Waals surface area contributed by atoms with Gasteiger partial charge in [0.15, 0.2) is 0 Å². The van der Waals surface area contributed by atoms with Crippen LogP contribution < -0.4 is 36.5 Å². The third-order valence-electron chi connectivity index (χ3n) is 6.06. The van der Waals surface area contributed by atoms with Gasteiger partial charge in [0, 0.05) is 24.0 Å². The van der Waals surface area contributed by atoms with Gasteiger partial charge in [0.2, 0.25) is 23.8 Å². The van der Waals surface area contributed by atoms with Crippen molar-refractivity contribution in [1.82, 2.24) is 24.5 Å². The van der Waals surface area contributed by atoms with E-state index >= 15 is 0 Å². The van der Waals surface area contributed by atoms with Gasteiger partial charge in [-0.05, 0) is 48.5 Å². The third kappa shape index (κ3) is 6.18. The third-order valence-corrected chi connectivity index (χ3v) is 6.06. The lowest BCUT2D eigenvalue weighted by molar-refractivity contribution is 0.415. The molecular formula is C29H26N10O3. The second-order valence-corrected chi connectivity index (χ2v) is 8.76. The predicted molar refractivity (Wildman–Crippen MR) is 159 cm³/mol. The summed E-state index contributed by atoms with van der Waals surface area (Å²) < 4.78 is 11.7. The first-order valence-electron chi connectivity index (χ1n) is 12.6. The van der Waals surface area contributed by atoms with Crippen molar-refractivity contribution in [3.05, 3.63) is 94.8 Å². The van der Waals surface area contributed by atoms with E-state index in [2.05, 4.69) is 41.4 Å². The summed E-state index contributed by atoms with van der Waals surface area (Å²) in [6.45, 7) is 0. The number of benzene rings is 3. The van der Waals surface area contributed by atoms with E-state index in [1.165, 1.54) is 11.6 Å². The molecule has 0 unspecified atom stereocenters. The second-order valence-electron chi connectivity index (χ2n) is 8.76. The van der Waals surface area contributed by atoms with Crippen LogP contribution in [0, 0.1) is 11.3 Å². The minimum absolute atomic E-state index is 0.0635. The topological polar surface area (TPSA) is 164 Å². The van der Waals surface area contributed by atoms with Crippen LogP contribution in [0.1, 0.15) is 5.56 Å². The Kier molecular flexibility index (Phi) is 8.06. The Balaban J connectivity index is 1.46. The molecule has 0 bridgehead atoms. The van der Waals surface area contributed by atoms with Gasteiger partial charge in [0.25, 0.3) is 5.56 Å². The minimum Gasteiger partial charge on any atom is -0.497 e. The van der Waals surface area contributed by atoms with Crippen LogP contribution in [0.2, 0.25) is 0 Å². The number of methoxy groups -OCH3 is 2. The average molecular weight is 563 g/mol. The van der Waals surface area contributed by atoms with Gasteiger partial charge in [-0.1, -0.05) is 30.3 Å². The van der Waals surface area contributed by atoms with E-state index in [1.807, 2.05) is 60.7 Å². The van der Waals surface area contributed by atoms with Gasteiger partial charge in [-0.25, -0.2) is 4.98 Å². The first kappa shape index (κ1) is 27.4. The number of hydrogen-bond donors (Lipinski definition) is 4. The molecule has 0 aliphatic heterocycles. The highest BCUT2D eigenvalue weighted by molar-refractivity contribution is 5.67. The maximum atomic E-state index is 13.0. The minimum atomic E-state index is -0.505. The highest BCUT2D eigenvalue weighted by Gasteiger charge is 2.17. The van der Waals surface area contributed by atoms with E-state index < -0.39 is 5.56 Å². The largest absolute Gasteiger partial charge is 0.497 e. The van der Waals surface area contributed by atoms with Crippen LogP contribution in [0.15, 0.2) is 83.7 Å². The van der Waals surface area contributed by atoms with Crippen molar-refractivity contribution < 1.29 is 9.47 Å². The zero-order valence-electron chi connectivity index (χ0n) is 22.9. The van der Waals surface area contributed by atoms with Crippen LogP contribution in [0.5, 0.6) is 11.5 Å². The molecule has 0 aliphatic rings. The molecule has 0 spiro atoms. The zero-order chi connectivity index (χ0) is 29.5. The molecule has 13 nitrogen and oxygen atoms in total. The number of rotatable bonds is 10. The smallest absolute Gasteiger partial charge is 0.273 e. The van der Waals surface area contributed by atoms with E-state index in [9.17, 15) is 10.1 Å². The summed E-state index contributed by atoms with van der Waals surface area (Å²) in [4.78, 5) is 30.9. The molecule has 0 atom stereocenters. The number of hydrogen-bond acceptors (Lipinski definition) is 12. The first-order valence-corrected chi connectivity index (χ1v) is 12.6. The lowest BCUT2D eigenvalue weighted by Gasteiger charge is -2.15. The molecule has 5 aromatic rings. The van der Waals surface area contributed by atoms with E-state index in [4.69, 9.17) is 9.47 Å². The van der Waals surface area contributed by atoms with Crippen molar-refractivity contribution >= 4 is 35.2 Å². The number of aromatic nitrogens is 5. The molecular weight excluding hydrogens is 536 g/mol. The fourth-order valence-corrected chi connectivity index (χ4v) is 3.88. The molecule has 0 radical (unpaired) electrons. The number of nitrogens with one attached hydrogen (secondary N) is 4. The summed E-state index contributed by atoms with van der Waals surface area (Å²) in [5, 5.41) is 16.0. The standard InChI is InChI=1S/C29H26N10O3/c1-39-25(40)23(17-30)24(18-7-5-4-6-8-18)33-29(39)38-37-28-35-26(31-19-9-13-21(41-2)14-10-19)34-27(36-28)32-20-11-15-22(42-3)16-12-20/h4-16H,1-3H3,(H,33,38)(H3,31,32,34,35,36,37). The zero-order valence-corrected chi connectivity index (χ0v) is 22.9. The molecule has 0 aliphatic carbocycles. The maximum absolute atomic E-state index is 13.0. The van der Waals surface area contributed by atoms with E-state index in [-0.39, 0.29) is 35.1 Å². The highest BCUT2D eigenvalue weighted by atomic mass is 16.5. The molecule has 42 heavy (non-hydrogen) atoms. The summed E-state index contributed by atoms with van der Waals surface area (Å²) in [5.74, 6) is 2.16. The molecule has 0 fully saturated rings. The fourth-order valence-electron chi connectivity index (χ4n) is 3.88. The number of anilines is 6. The molecule has 3 aromatic carbocycles. The van der Waals surface area contributed by atoms with Gasteiger partial charge < -0.3 is 20.1 Å². The molecule has 0 amide bonds. The van der Waals surface area contributed by atoms with Crippen LogP contribution in [0.25, 0.3) is 11.3 Å². The summed E-state index contributed by atoms with van der Waals surface area (Å²) in [6, 6.07) is 25.5. The average Bonchev–Trinajstić information content (AvgIpc) is 3.02. The van der Waals surface area contributed by atoms with Gasteiger partial charge in [-0.2, -0.15) is 20.2 Å². The molecule has 2 aromatic heterocycles. The van der Waals surface area contributed by atoms with Crippen LogP contribution >= 0.6 is 0 Å². The van der Waals surface area contributed by atoms with E-state index in [1.54, 1.807) is 38.5 Å². The van der Waals surface area contributed by atoms with Crippen LogP contribution in [-0.4, -0.2) is 38.7 Å². The monoisotopic (exact) mass is 562 g/mol. The van der Waals surface area contributed by atoms with Gasteiger partial charge in [-0.15, -0.1) is 0 Å². The lowest BCUT2D eigenvalue weighted by atomic mass is 10.1. The molecule has 5 rings (SSSR count). The van der Waals surface area contributed by atoms with Crippen LogP contribution in [0.4, 0.5) is 35.2 Å². The number of nitriles is 1. The summed E-state index contributed by atoms with van der Waals surface area (Å²) in [6.07, 6.45) is 0. The number of nitrogens with zero attached hydrogens (tertiary/aromatic N) is 6. The molecule has 0 saturated carbocycles. The summed E-state index contributed by atoms with van der Waals surface area (Å²) >= 11 is 0. The Morgan fingerprint density at radius 1 is 0.714 bits per heavy atom. The van der Waals surface area contributed by atoms with E-state index in [0.29, 0.717) is 17.1 Å². The number of hydrazine groups is 1. The highest BCUT2D eigenvalue weighted by Crippen LogP contribution is 2.23. The van der Waals surface area contributed by atoms with Gasteiger partial charge in [0.1, 0.15) is 23.1 Å². The Hall–Kier alpha value is -6.16. The lowest BCUT2D eigenvalue weighted by Crippen LogP contribution is -2.27. The molecule has 13 heteroatoms. The quantitative estimate of drug-likeness (QED) is 0.177. The molecule has 2 heterocycles. The molecule has 210 valence electrons. The van der Waals surface area contributed by atoms with Crippen LogP contribution in [-0.2, 0) is 7.05 Å². The summed E-state index contributed by atoms with van der Waals surface area (Å²) in [5.41, 5.74) is 7.55. The Labute approximate surface area is 240 Å².